The van der Waals surface area contributed by atoms with Crippen molar-refractivity contribution in [3.63, 3.8) is 0 Å². The lowest BCUT2D eigenvalue weighted by atomic mass is 10.1. The maximum Gasteiger partial charge on any atom is 0.279 e. The Morgan fingerprint density at radius 3 is 2.64 bits per heavy atom. The Labute approximate surface area is 128 Å². The van der Waals surface area contributed by atoms with Crippen LogP contribution in [0.5, 0.6) is 5.75 Å². The second-order valence-electron chi connectivity index (χ2n) is 4.82. The van der Waals surface area contributed by atoms with Gasteiger partial charge in [0, 0.05) is 18.2 Å². The van der Waals surface area contributed by atoms with E-state index in [1.54, 1.807) is 25.3 Å². The molecular formula is C17H15N3O2. The van der Waals surface area contributed by atoms with Gasteiger partial charge in [-0.1, -0.05) is 30.3 Å². The van der Waals surface area contributed by atoms with Crippen LogP contribution < -0.4 is 9.64 Å². The maximum atomic E-state index is 12.2. The van der Waals surface area contributed by atoms with E-state index in [0.717, 1.165) is 16.8 Å². The van der Waals surface area contributed by atoms with Crippen molar-refractivity contribution in [2.24, 2.45) is 10.2 Å². The van der Waals surface area contributed by atoms with Crippen LogP contribution >= 0.6 is 0 Å². The Kier molecular flexibility index (Phi) is 3.70. The molecule has 1 aliphatic rings. The molecule has 0 aromatic heterocycles. The molecule has 1 amide bonds. The first-order valence-corrected chi connectivity index (χ1v) is 6.84. The molecule has 5 nitrogen and oxygen atoms in total. The Hall–Kier alpha value is -2.95. The number of carbonyl (C=O) groups excluding carboxylic acids is 1. The number of nitrogens with zero attached hydrogens (tertiary/aromatic N) is 3. The van der Waals surface area contributed by atoms with Gasteiger partial charge in [0.2, 0.25) is 0 Å². The van der Waals surface area contributed by atoms with Gasteiger partial charge in [0.1, 0.15) is 5.75 Å². The standard InChI is InChI=1S/C17H15N3O2/c1-20-14-9-5-4-8-13(14)16(17(20)21)19-18-11-12-7-3-6-10-15(12)22-2/h3-11H,1-2H3/b18-11-,19-16-. The number of methoxy groups -OCH3 is 1. The van der Waals surface area contributed by atoms with Gasteiger partial charge < -0.3 is 9.64 Å². The van der Waals surface area contributed by atoms with Gasteiger partial charge in [-0.2, -0.15) is 5.10 Å². The zero-order valence-electron chi connectivity index (χ0n) is 12.4. The number of para-hydroxylation sites is 2. The molecule has 0 spiro atoms. The molecule has 1 heterocycles. The van der Waals surface area contributed by atoms with Crippen LogP contribution in [0.4, 0.5) is 5.69 Å². The third kappa shape index (κ3) is 2.37. The van der Waals surface area contributed by atoms with E-state index in [0.29, 0.717) is 11.5 Å². The van der Waals surface area contributed by atoms with Crippen molar-refractivity contribution in [3.8, 4) is 5.75 Å². The van der Waals surface area contributed by atoms with Gasteiger partial charge in [0.25, 0.3) is 5.91 Å². The Morgan fingerprint density at radius 2 is 1.82 bits per heavy atom. The average Bonchev–Trinajstić information content (AvgIpc) is 2.80. The van der Waals surface area contributed by atoms with Crippen LogP contribution in [0.15, 0.2) is 58.7 Å². The van der Waals surface area contributed by atoms with Crippen LogP contribution in [0.1, 0.15) is 11.1 Å². The van der Waals surface area contributed by atoms with Gasteiger partial charge in [0.15, 0.2) is 5.71 Å². The zero-order valence-corrected chi connectivity index (χ0v) is 12.4. The van der Waals surface area contributed by atoms with E-state index >= 15 is 0 Å². The summed E-state index contributed by atoms with van der Waals surface area (Å²) in [6.07, 6.45) is 1.58. The molecule has 110 valence electrons. The summed E-state index contributed by atoms with van der Waals surface area (Å²) in [6, 6.07) is 15.0. The summed E-state index contributed by atoms with van der Waals surface area (Å²) in [7, 11) is 3.33. The van der Waals surface area contributed by atoms with Crippen molar-refractivity contribution in [2.45, 2.75) is 0 Å². The summed E-state index contributed by atoms with van der Waals surface area (Å²) >= 11 is 0. The van der Waals surface area contributed by atoms with Crippen LogP contribution in [-0.2, 0) is 4.79 Å². The number of hydrogen-bond acceptors (Lipinski definition) is 4. The number of likely N-dealkylation sites (N-methyl/N-ethyl adjacent to an activating group) is 1. The van der Waals surface area contributed by atoms with Gasteiger partial charge in [-0.15, -0.1) is 5.10 Å². The molecule has 0 aliphatic carbocycles. The van der Waals surface area contributed by atoms with E-state index < -0.39 is 0 Å². The first-order chi connectivity index (χ1) is 10.7. The van der Waals surface area contributed by atoms with E-state index in [1.165, 1.54) is 0 Å². The molecule has 5 heteroatoms. The topological polar surface area (TPSA) is 54.3 Å². The highest BCUT2D eigenvalue weighted by molar-refractivity contribution is 6.54. The number of anilines is 1. The van der Waals surface area contributed by atoms with Crippen LogP contribution in [0, 0.1) is 0 Å². The molecule has 0 bridgehead atoms. The minimum absolute atomic E-state index is 0.154. The van der Waals surface area contributed by atoms with Crippen LogP contribution in [0.3, 0.4) is 0 Å². The van der Waals surface area contributed by atoms with Gasteiger partial charge in [-0.3, -0.25) is 4.79 Å². The first-order valence-electron chi connectivity index (χ1n) is 6.84. The first kappa shape index (κ1) is 14.0. The smallest absolute Gasteiger partial charge is 0.279 e. The highest BCUT2D eigenvalue weighted by atomic mass is 16.5. The van der Waals surface area contributed by atoms with Gasteiger partial charge in [-0.25, -0.2) is 0 Å². The molecule has 22 heavy (non-hydrogen) atoms. The van der Waals surface area contributed by atoms with E-state index in [9.17, 15) is 4.79 Å². The lowest BCUT2D eigenvalue weighted by Gasteiger charge is -2.07. The molecular weight excluding hydrogens is 278 g/mol. The van der Waals surface area contributed by atoms with Crippen LogP contribution in [0.2, 0.25) is 0 Å². The summed E-state index contributed by atoms with van der Waals surface area (Å²) in [4.78, 5) is 13.8. The summed E-state index contributed by atoms with van der Waals surface area (Å²) in [5.41, 5.74) is 2.80. The summed E-state index contributed by atoms with van der Waals surface area (Å²) in [5.74, 6) is 0.556. The Balaban J connectivity index is 1.93. The molecule has 0 saturated carbocycles. The number of ether oxygens (including phenoxy) is 1. The second-order valence-corrected chi connectivity index (χ2v) is 4.82. The summed E-state index contributed by atoms with van der Waals surface area (Å²) in [6.45, 7) is 0. The normalized spacial score (nSPS) is 15.6. The summed E-state index contributed by atoms with van der Waals surface area (Å²) < 4.78 is 5.25. The van der Waals surface area contributed by atoms with Gasteiger partial charge in [-0.05, 0) is 18.2 Å². The number of amides is 1. The lowest BCUT2D eigenvalue weighted by Crippen LogP contribution is -2.25. The van der Waals surface area contributed by atoms with E-state index in [2.05, 4.69) is 10.2 Å². The Bertz CT molecular complexity index is 781. The quantitative estimate of drug-likeness (QED) is 0.645. The number of benzene rings is 2. The lowest BCUT2D eigenvalue weighted by molar-refractivity contribution is -0.111. The predicted molar refractivity (Wildman–Crippen MR) is 87.0 cm³/mol. The molecule has 0 unspecified atom stereocenters. The number of carbonyl (C=O) groups is 1. The van der Waals surface area contributed by atoms with E-state index in [4.69, 9.17) is 4.74 Å². The molecule has 1 aliphatic heterocycles. The molecule has 3 rings (SSSR count). The number of rotatable bonds is 3. The maximum absolute atomic E-state index is 12.2. The highest BCUT2D eigenvalue weighted by Gasteiger charge is 2.30. The minimum atomic E-state index is -0.154. The molecule has 0 atom stereocenters. The molecule has 0 fully saturated rings. The van der Waals surface area contributed by atoms with Gasteiger partial charge in [0.05, 0.1) is 19.0 Å². The van der Waals surface area contributed by atoms with Crippen LogP contribution in [-0.4, -0.2) is 32.0 Å². The highest BCUT2D eigenvalue weighted by Crippen LogP contribution is 2.27. The number of fused-ring (bicyclic) bond motifs is 1. The fourth-order valence-corrected chi connectivity index (χ4v) is 2.37. The van der Waals surface area contributed by atoms with Crippen molar-refractivity contribution in [1.82, 2.24) is 0 Å². The average molecular weight is 293 g/mol. The van der Waals surface area contributed by atoms with E-state index in [-0.39, 0.29) is 5.91 Å². The van der Waals surface area contributed by atoms with Crippen LogP contribution in [0.25, 0.3) is 0 Å². The largest absolute Gasteiger partial charge is 0.496 e. The fourth-order valence-electron chi connectivity index (χ4n) is 2.37. The number of hydrogen-bond donors (Lipinski definition) is 0. The molecule has 0 radical (unpaired) electrons. The van der Waals surface area contributed by atoms with E-state index in [1.807, 2.05) is 48.5 Å². The monoisotopic (exact) mass is 293 g/mol. The molecule has 0 saturated heterocycles. The Morgan fingerprint density at radius 1 is 1.09 bits per heavy atom. The predicted octanol–water partition coefficient (Wildman–Crippen LogP) is 2.49. The van der Waals surface area contributed by atoms with Crippen molar-refractivity contribution < 1.29 is 9.53 Å². The van der Waals surface area contributed by atoms with Crippen molar-refractivity contribution in [2.75, 3.05) is 19.1 Å². The second kappa shape index (κ2) is 5.81. The van der Waals surface area contributed by atoms with Crippen molar-refractivity contribution in [3.05, 3.63) is 59.7 Å². The van der Waals surface area contributed by atoms with Gasteiger partial charge >= 0.3 is 0 Å². The molecule has 2 aromatic carbocycles. The molecule has 2 aromatic rings. The summed E-state index contributed by atoms with van der Waals surface area (Å²) in [5, 5.41) is 8.16. The fraction of sp³-hybridized carbons (Fsp3) is 0.118. The third-order valence-electron chi connectivity index (χ3n) is 3.52. The van der Waals surface area contributed by atoms with Crippen molar-refractivity contribution >= 4 is 23.5 Å². The third-order valence-corrected chi connectivity index (χ3v) is 3.52. The molecule has 0 N–H and O–H groups in total. The SMILES string of the molecule is COc1ccccc1/C=N\N=C1/C(=O)N(C)c2ccccc21. The minimum Gasteiger partial charge on any atom is -0.496 e. The zero-order chi connectivity index (χ0) is 15.5. The van der Waals surface area contributed by atoms with Crippen molar-refractivity contribution in [1.29, 1.82) is 0 Å².